The lowest BCUT2D eigenvalue weighted by atomic mass is 9.98. The Bertz CT molecular complexity index is 368. The second kappa shape index (κ2) is 7.05. The molecule has 1 atom stereocenters. The molecule has 0 aliphatic heterocycles. The Hall–Kier alpha value is -0.500. The zero-order valence-electron chi connectivity index (χ0n) is 10.4. The summed E-state index contributed by atoms with van der Waals surface area (Å²) in [5.41, 5.74) is 2.26. The van der Waals surface area contributed by atoms with Crippen molar-refractivity contribution in [2.75, 3.05) is 7.05 Å². The van der Waals surface area contributed by atoms with E-state index in [0.717, 1.165) is 34.9 Å². The summed E-state index contributed by atoms with van der Waals surface area (Å²) in [6.45, 7) is 6.16. The number of nitrogens with one attached hydrogen (secondary N) is 1. The number of likely N-dealkylation sites (N-methyl/N-ethyl adjacent to an activating group) is 1. The highest BCUT2D eigenvalue weighted by atomic mass is 35.5. The summed E-state index contributed by atoms with van der Waals surface area (Å²) in [6, 6.07) is 5.96. The zero-order valence-corrected chi connectivity index (χ0v) is 11.9. The van der Waals surface area contributed by atoms with E-state index in [1.807, 2.05) is 25.2 Å². The first-order valence-corrected chi connectivity index (χ1v) is 6.60. The van der Waals surface area contributed by atoms with Crippen LogP contribution in [0.4, 0.5) is 0 Å². The molecule has 0 fully saturated rings. The van der Waals surface area contributed by atoms with Crippen molar-refractivity contribution in [2.45, 2.75) is 32.2 Å². The average Bonchev–Trinajstić information content (AvgIpc) is 2.32. The Morgan fingerprint density at radius 1 is 1.35 bits per heavy atom. The number of hydrogen-bond acceptors (Lipinski definition) is 1. The molecule has 0 aliphatic rings. The predicted octanol–water partition coefficient (Wildman–Crippen LogP) is 4.48. The van der Waals surface area contributed by atoms with Crippen LogP contribution in [0.3, 0.4) is 0 Å². The predicted molar refractivity (Wildman–Crippen MR) is 77.1 cm³/mol. The summed E-state index contributed by atoms with van der Waals surface area (Å²) in [7, 11) is 1.96. The number of rotatable bonds is 6. The fourth-order valence-electron chi connectivity index (χ4n) is 1.74. The van der Waals surface area contributed by atoms with Crippen LogP contribution in [0.1, 0.15) is 25.3 Å². The monoisotopic (exact) mass is 271 g/mol. The summed E-state index contributed by atoms with van der Waals surface area (Å²) >= 11 is 12.3. The van der Waals surface area contributed by atoms with Crippen LogP contribution in [0.15, 0.2) is 30.4 Å². The molecule has 0 bridgehead atoms. The number of benzene rings is 1. The average molecular weight is 272 g/mol. The first kappa shape index (κ1) is 14.6. The first-order chi connectivity index (χ1) is 8.08. The van der Waals surface area contributed by atoms with Gasteiger partial charge in [0.25, 0.3) is 0 Å². The lowest BCUT2D eigenvalue weighted by Crippen LogP contribution is -2.28. The molecule has 94 valence electrons. The van der Waals surface area contributed by atoms with Crippen molar-refractivity contribution >= 4 is 23.2 Å². The van der Waals surface area contributed by atoms with E-state index in [1.165, 1.54) is 5.57 Å². The van der Waals surface area contributed by atoms with Crippen LogP contribution in [0.5, 0.6) is 0 Å². The molecule has 1 aromatic rings. The van der Waals surface area contributed by atoms with Gasteiger partial charge in [0.2, 0.25) is 0 Å². The van der Waals surface area contributed by atoms with Crippen molar-refractivity contribution in [3.05, 3.63) is 46.0 Å². The van der Waals surface area contributed by atoms with Crippen LogP contribution >= 0.6 is 23.2 Å². The fraction of sp³-hybridized carbons (Fsp3) is 0.429. The topological polar surface area (TPSA) is 12.0 Å². The van der Waals surface area contributed by atoms with E-state index in [2.05, 4.69) is 18.8 Å². The molecule has 1 nitrogen and oxygen atoms in total. The van der Waals surface area contributed by atoms with Crippen LogP contribution in [-0.4, -0.2) is 13.1 Å². The maximum absolute atomic E-state index is 6.17. The summed E-state index contributed by atoms with van der Waals surface area (Å²) in [6.07, 6.45) is 2.79. The van der Waals surface area contributed by atoms with E-state index >= 15 is 0 Å². The molecule has 1 aromatic carbocycles. The van der Waals surface area contributed by atoms with Gasteiger partial charge in [-0.05, 0) is 44.0 Å². The quantitative estimate of drug-likeness (QED) is 0.753. The zero-order chi connectivity index (χ0) is 12.8. The van der Waals surface area contributed by atoms with Gasteiger partial charge in [-0.2, -0.15) is 0 Å². The van der Waals surface area contributed by atoms with Gasteiger partial charge in [0.1, 0.15) is 0 Å². The van der Waals surface area contributed by atoms with Crippen LogP contribution in [-0.2, 0) is 6.42 Å². The molecule has 0 saturated carbocycles. The van der Waals surface area contributed by atoms with Crippen LogP contribution < -0.4 is 5.32 Å². The summed E-state index contributed by atoms with van der Waals surface area (Å²) in [5, 5.41) is 4.76. The number of halogens is 2. The summed E-state index contributed by atoms with van der Waals surface area (Å²) in [4.78, 5) is 0. The van der Waals surface area contributed by atoms with E-state index in [4.69, 9.17) is 23.2 Å². The van der Waals surface area contributed by atoms with E-state index in [0.29, 0.717) is 6.04 Å². The molecule has 0 amide bonds. The molecule has 1 rings (SSSR count). The van der Waals surface area contributed by atoms with Gasteiger partial charge in [0, 0.05) is 16.1 Å². The van der Waals surface area contributed by atoms with E-state index in [-0.39, 0.29) is 0 Å². The van der Waals surface area contributed by atoms with Crippen LogP contribution in [0.25, 0.3) is 0 Å². The highest BCUT2D eigenvalue weighted by Crippen LogP contribution is 2.26. The maximum Gasteiger partial charge on any atom is 0.0453 e. The molecule has 0 aliphatic carbocycles. The largest absolute Gasteiger partial charge is 0.316 e. The SMILES string of the molecule is C=C(CC)CC(Cc1c(Cl)cccc1Cl)NC. The Morgan fingerprint density at radius 2 is 1.94 bits per heavy atom. The molecule has 1 N–H and O–H groups in total. The molecule has 0 saturated heterocycles. The standard InChI is InChI=1S/C14H19Cl2N/c1-4-10(2)8-11(17-3)9-12-13(15)6-5-7-14(12)16/h5-7,11,17H,2,4,8-9H2,1,3H3. The summed E-state index contributed by atoms with van der Waals surface area (Å²) in [5.74, 6) is 0. The van der Waals surface area contributed by atoms with Crippen LogP contribution in [0.2, 0.25) is 10.0 Å². The third-order valence-electron chi connectivity index (χ3n) is 2.96. The van der Waals surface area contributed by atoms with Crippen molar-refractivity contribution in [1.29, 1.82) is 0 Å². The van der Waals surface area contributed by atoms with Crippen molar-refractivity contribution in [3.63, 3.8) is 0 Å². The Kier molecular flexibility index (Phi) is 6.04. The third kappa shape index (κ3) is 4.34. The Morgan fingerprint density at radius 3 is 2.41 bits per heavy atom. The normalized spacial score (nSPS) is 12.5. The minimum atomic E-state index is 0.333. The van der Waals surface area contributed by atoms with E-state index < -0.39 is 0 Å². The van der Waals surface area contributed by atoms with Gasteiger partial charge < -0.3 is 5.32 Å². The van der Waals surface area contributed by atoms with E-state index in [1.54, 1.807) is 0 Å². The lowest BCUT2D eigenvalue weighted by Gasteiger charge is -2.18. The summed E-state index contributed by atoms with van der Waals surface area (Å²) < 4.78 is 0. The van der Waals surface area contributed by atoms with Gasteiger partial charge >= 0.3 is 0 Å². The first-order valence-electron chi connectivity index (χ1n) is 5.85. The third-order valence-corrected chi connectivity index (χ3v) is 3.66. The van der Waals surface area contributed by atoms with Crippen LogP contribution in [0, 0.1) is 0 Å². The van der Waals surface area contributed by atoms with Gasteiger partial charge in [-0.15, -0.1) is 0 Å². The molecule has 17 heavy (non-hydrogen) atoms. The molecular weight excluding hydrogens is 253 g/mol. The second-order valence-electron chi connectivity index (χ2n) is 4.20. The van der Waals surface area contributed by atoms with Gasteiger partial charge in [-0.25, -0.2) is 0 Å². The smallest absolute Gasteiger partial charge is 0.0453 e. The second-order valence-corrected chi connectivity index (χ2v) is 5.01. The van der Waals surface area contributed by atoms with Crippen molar-refractivity contribution in [3.8, 4) is 0 Å². The van der Waals surface area contributed by atoms with Crippen molar-refractivity contribution in [1.82, 2.24) is 5.32 Å². The highest BCUT2D eigenvalue weighted by Gasteiger charge is 2.13. The van der Waals surface area contributed by atoms with Gasteiger partial charge in [-0.1, -0.05) is 48.3 Å². The molecule has 0 spiro atoms. The minimum absolute atomic E-state index is 0.333. The fourth-order valence-corrected chi connectivity index (χ4v) is 2.29. The van der Waals surface area contributed by atoms with Crippen molar-refractivity contribution in [2.24, 2.45) is 0 Å². The van der Waals surface area contributed by atoms with Gasteiger partial charge in [0.05, 0.1) is 0 Å². The van der Waals surface area contributed by atoms with E-state index in [9.17, 15) is 0 Å². The van der Waals surface area contributed by atoms with Crippen molar-refractivity contribution < 1.29 is 0 Å². The Balaban J connectivity index is 2.77. The minimum Gasteiger partial charge on any atom is -0.316 e. The molecule has 0 heterocycles. The molecule has 1 unspecified atom stereocenters. The van der Waals surface area contributed by atoms with Gasteiger partial charge in [-0.3, -0.25) is 0 Å². The lowest BCUT2D eigenvalue weighted by molar-refractivity contribution is 0.549. The Labute approximate surface area is 114 Å². The maximum atomic E-state index is 6.17. The molecule has 3 heteroatoms. The van der Waals surface area contributed by atoms with Gasteiger partial charge in [0.15, 0.2) is 0 Å². The highest BCUT2D eigenvalue weighted by molar-refractivity contribution is 6.35. The molecular formula is C14H19Cl2N. The number of hydrogen-bond donors (Lipinski definition) is 1. The molecule has 0 radical (unpaired) electrons. The molecule has 0 aromatic heterocycles.